The first-order valence-electron chi connectivity index (χ1n) is 11.4. The highest BCUT2D eigenvalue weighted by Crippen LogP contribution is 2.36. The van der Waals surface area contributed by atoms with Crippen molar-refractivity contribution < 1.29 is 18.7 Å². The van der Waals surface area contributed by atoms with Gasteiger partial charge in [0.15, 0.2) is 0 Å². The summed E-state index contributed by atoms with van der Waals surface area (Å²) in [7, 11) is 0. The van der Waals surface area contributed by atoms with E-state index in [0.29, 0.717) is 46.7 Å². The number of nitrogens with one attached hydrogen (secondary N) is 1. The first kappa shape index (κ1) is 25.9. The second kappa shape index (κ2) is 11.7. The van der Waals surface area contributed by atoms with E-state index in [1.165, 1.54) is 17.0 Å². The summed E-state index contributed by atoms with van der Waals surface area (Å²) in [5.41, 5.74) is 6.50. The predicted octanol–water partition coefficient (Wildman–Crippen LogP) is 5.27. The van der Waals surface area contributed by atoms with Gasteiger partial charge in [0.2, 0.25) is 0 Å². The Morgan fingerprint density at radius 1 is 0.972 bits per heavy atom. The van der Waals surface area contributed by atoms with Crippen LogP contribution >= 0.6 is 23.2 Å². The van der Waals surface area contributed by atoms with Crippen LogP contribution in [0.15, 0.2) is 60.7 Å². The first-order valence-corrected chi connectivity index (χ1v) is 12.1. The number of amides is 3. The summed E-state index contributed by atoms with van der Waals surface area (Å²) in [6.45, 7) is 3.47. The summed E-state index contributed by atoms with van der Waals surface area (Å²) in [6.07, 6.45) is 0. The van der Waals surface area contributed by atoms with Crippen LogP contribution in [0.25, 0.3) is 11.1 Å². The Bertz CT molecular complexity index is 1230. The summed E-state index contributed by atoms with van der Waals surface area (Å²) >= 11 is 12.0. The molecule has 1 heterocycles. The molecule has 10 heteroatoms. The standard InChI is InChI=1S/C26H25Cl2FN4O3/c27-18-3-1-17(2-4-18)23-22(10-9-21(24(23)29)25(30)34)33(12-11-32-13-15-36-16-14-32)26(35)31-20-7-5-19(28)6-8-20/h1-10H,11-16H2,(H2,30,34)(H,31,35). The van der Waals surface area contributed by atoms with Gasteiger partial charge in [-0.25, -0.2) is 9.18 Å². The van der Waals surface area contributed by atoms with Gasteiger partial charge in [-0.05, 0) is 54.1 Å². The minimum Gasteiger partial charge on any atom is -0.379 e. The zero-order chi connectivity index (χ0) is 25.7. The van der Waals surface area contributed by atoms with Crippen molar-refractivity contribution in [3.63, 3.8) is 0 Å². The number of carbonyl (C=O) groups is 2. The highest BCUT2D eigenvalue weighted by molar-refractivity contribution is 6.31. The number of nitrogens with two attached hydrogens (primary N) is 1. The van der Waals surface area contributed by atoms with Gasteiger partial charge in [-0.15, -0.1) is 0 Å². The highest BCUT2D eigenvalue weighted by atomic mass is 35.5. The predicted molar refractivity (Wildman–Crippen MR) is 140 cm³/mol. The van der Waals surface area contributed by atoms with Crippen LogP contribution in [0.4, 0.5) is 20.6 Å². The number of urea groups is 1. The summed E-state index contributed by atoms with van der Waals surface area (Å²) in [6, 6.07) is 15.5. The van der Waals surface area contributed by atoms with Crippen LogP contribution in [0.1, 0.15) is 10.4 Å². The number of benzene rings is 3. The maximum absolute atomic E-state index is 15.7. The van der Waals surface area contributed by atoms with Crippen LogP contribution in [0, 0.1) is 5.82 Å². The Kier molecular flexibility index (Phi) is 8.43. The molecule has 0 spiro atoms. The minimum absolute atomic E-state index is 0.0798. The van der Waals surface area contributed by atoms with E-state index in [1.54, 1.807) is 48.5 Å². The molecule has 0 radical (unpaired) electrons. The Balaban J connectivity index is 1.76. The maximum atomic E-state index is 15.7. The number of hydrogen-bond donors (Lipinski definition) is 2. The number of halogens is 3. The molecule has 1 aliphatic rings. The van der Waals surface area contributed by atoms with Gasteiger partial charge < -0.3 is 15.8 Å². The molecular formula is C26H25Cl2FN4O3. The van der Waals surface area contributed by atoms with Crippen LogP contribution in [0.5, 0.6) is 0 Å². The molecule has 1 fully saturated rings. The Morgan fingerprint density at radius 3 is 2.19 bits per heavy atom. The number of carbonyl (C=O) groups excluding carboxylic acids is 2. The second-order valence-corrected chi connectivity index (χ2v) is 9.11. The van der Waals surface area contributed by atoms with Gasteiger partial charge in [-0.2, -0.15) is 0 Å². The van der Waals surface area contributed by atoms with E-state index in [1.807, 2.05) is 0 Å². The van der Waals surface area contributed by atoms with Crippen LogP contribution in [-0.2, 0) is 4.74 Å². The molecule has 4 rings (SSSR count). The van der Waals surface area contributed by atoms with Gasteiger partial charge in [-0.1, -0.05) is 35.3 Å². The molecule has 36 heavy (non-hydrogen) atoms. The Hall–Kier alpha value is -3.17. The molecule has 0 unspecified atom stereocenters. The van der Waals surface area contributed by atoms with Crippen molar-refractivity contribution in [3.8, 4) is 11.1 Å². The fourth-order valence-electron chi connectivity index (χ4n) is 3.99. The largest absolute Gasteiger partial charge is 0.379 e. The SMILES string of the molecule is NC(=O)c1ccc(N(CCN2CCOCC2)C(=O)Nc2ccc(Cl)cc2)c(-c2ccc(Cl)cc2)c1F. The molecule has 0 bridgehead atoms. The van der Waals surface area contributed by atoms with Gasteiger partial charge in [0.1, 0.15) is 5.82 Å². The molecule has 0 aromatic heterocycles. The van der Waals surface area contributed by atoms with Crippen molar-refractivity contribution in [2.75, 3.05) is 49.6 Å². The summed E-state index contributed by atoms with van der Waals surface area (Å²) in [5, 5.41) is 3.85. The average Bonchev–Trinajstić information content (AvgIpc) is 2.87. The lowest BCUT2D eigenvalue weighted by Crippen LogP contribution is -2.44. The van der Waals surface area contributed by atoms with Gasteiger partial charge >= 0.3 is 6.03 Å². The molecule has 7 nitrogen and oxygen atoms in total. The molecule has 3 amide bonds. The Labute approximate surface area is 218 Å². The minimum atomic E-state index is -0.903. The number of anilines is 2. The lowest BCUT2D eigenvalue weighted by Gasteiger charge is -2.31. The van der Waals surface area contributed by atoms with E-state index in [4.69, 9.17) is 33.7 Å². The normalized spacial score (nSPS) is 13.9. The molecule has 3 aromatic carbocycles. The van der Waals surface area contributed by atoms with E-state index in [2.05, 4.69) is 10.2 Å². The van der Waals surface area contributed by atoms with Crippen molar-refractivity contribution >= 4 is 46.5 Å². The third-order valence-corrected chi connectivity index (χ3v) is 6.40. The van der Waals surface area contributed by atoms with Crippen molar-refractivity contribution in [2.24, 2.45) is 5.73 Å². The summed E-state index contributed by atoms with van der Waals surface area (Å²) in [4.78, 5) is 29.1. The molecule has 188 valence electrons. The zero-order valence-corrected chi connectivity index (χ0v) is 20.9. The molecule has 0 saturated carbocycles. The van der Waals surface area contributed by atoms with Gasteiger partial charge in [0.25, 0.3) is 5.91 Å². The molecular weight excluding hydrogens is 506 g/mol. The number of hydrogen-bond acceptors (Lipinski definition) is 4. The molecule has 3 N–H and O–H groups in total. The fourth-order valence-corrected chi connectivity index (χ4v) is 4.25. The zero-order valence-electron chi connectivity index (χ0n) is 19.3. The molecule has 1 saturated heterocycles. The van der Waals surface area contributed by atoms with Crippen LogP contribution in [0.2, 0.25) is 10.0 Å². The quantitative estimate of drug-likeness (QED) is 0.435. The molecule has 0 atom stereocenters. The number of morpholine rings is 1. The number of nitrogens with zero attached hydrogens (tertiary/aromatic N) is 2. The molecule has 3 aromatic rings. The summed E-state index contributed by atoms with van der Waals surface area (Å²) in [5.74, 6) is -1.71. The van der Waals surface area contributed by atoms with E-state index >= 15 is 4.39 Å². The average molecular weight is 531 g/mol. The monoisotopic (exact) mass is 530 g/mol. The highest BCUT2D eigenvalue weighted by Gasteiger charge is 2.26. The first-order chi connectivity index (χ1) is 17.3. The summed E-state index contributed by atoms with van der Waals surface area (Å²) < 4.78 is 21.1. The van der Waals surface area contributed by atoms with Gasteiger partial charge in [0, 0.05) is 47.5 Å². The van der Waals surface area contributed by atoms with Gasteiger partial charge in [-0.3, -0.25) is 14.6 Å². The fraction of sp³-hybridized carbons (Fsp3) is 0.231. The lowest BCUT2D eigenvalue weighted by atomic mass is 9.98. The van der Waals surface area contributed by atoms with Crippen LogP contribution in [-0.4, -0.2) is 56.2 Å². The topological polar surface area (TPSA) is 87.9 Å². The van der Waals surface area contributed by atoms with E-state index in [-0.39, 0.29) is 17.7 Å². The van der Waals surface area contributed by atoms with E-state index < -0.39 is 17.8 Å². The third kappa shape index (κ3) is 6.14. The number of rotatable bonds is 7. The molecule has 1 aliphatic heterocycles. The van der Waals surface area contributed by atoms with E-state index in [0.717, 1.165) is 13.1 Å². The van der Waals surface area contributed by atoms with Crippen molar-refractivity contribution in [3.05, 3.63) is 82.1 Å². The third-order valence-electron chi connectivity index (χ3n) is 5.89. The lowest BCUT2D eigenvalue weighted by molar-refractivity contribution is 0.0393. The van der Waals surface area contributed by atoms with Crippen molar-refractivity contribution in [1.29, 1.82) is 0 Å². The smallest absolute Gasteiger partial charge is 0.326 e. The second-order valence-electron chi connectivity index (χ2n) is 8.24. The van der Waals surface area contributed by atoms with Crippen molar-refractivity contribution in [2.45, 2.75) is 0 Å². The van der Waals surface area contributed by atoms with Crippen LogP contribution < -0.4 is 16.0 Å². The molecule has 0 aliphatic carbocycles. The maximum Gasteiger partial charge on any atom is 0.326 e. The van der Waals surface area contributed by atoms with Gasteiger partial charge in [0.05, 0.1) is 24.5 Å². The van der Waals surface area contributed by atoms with Crippen LogP contribution in [0.3, 0.4) is 0 Å². The van der Waals surface area contributed by atoms with Crippen molar-refractivity contribution in [1.82, 2.24) is 4.90 Å². The van der Waals surface area contributed by atoms with E-state index in [9.17, 15) is 9.59 Å². The number of ether oxygens (including phenoxy) is 1. The number of primary amides is 1. The Morgan fingerprint density at radius 2 is 1.58 bits per heavy atom.